The summed E-state index contributed by atoms with van der Waals surface area (Å²) in [6.07, 6.45) is -4.47. The first-order valence-corrected chi connectivity index (χ1v) is 14.1. The Hall–Kier alpha value is -3.82. The number of amides is 3. The summed E-state index contributed by atoms with van der Waals surface area (Å²) in [6.45, 7) is 2.70. The highest BCUT2D eigenvalue weighted by Gasteiger charge is 2.48. The van der Waals surface area contributed by atoms with Crippen molar-refractivity contribution in [1.82, 2.24) is 30.3 Å². The molecule has 0 bridgehead atoms. The maximum atomic E-state index is 14.6. The van der Waals surface area contributed by atoms with E-state index >= 15 is 0 Å². The van der Waals surface area contributed by atoms with Gasteiger partial charge < -0.3 is 24.7 Å². The van der Waals surface area contributed by atoms with Crippen molar-refractivity contribution in [2.75, 3.05) is 20.3 Å². The summed E-state index contributed by atoms with van der Waals surface area (Å²) < 4.78 is 95.0. The lowest BCUT2D eigenvalue weighted by Gasteiger charge is -2.32. The number of oxazole rings is 1. The number of aromatic nitrogens is 3. The summed E-state index contributed by atoms with van der Waals surface area (Å²) in [5.41, 5.74) is 0.591. The molecule has 2 N–H and O–H groups in total. The molecular formula is C28H32F6N6O4. The zero-order valence-corrected chi connectivity index (χ0v) is 24.1. The molecule has 44 heavy (non-hydrogen) atoms. The molecule has 3 aromatic rings. The number of rotatable bonds is 9. The Morgan fingerprint density at radius 3 is 2.57 bits per heavy atom. The lowest BCUT2D eigenvalue weighted by Crippen LogP contribution is -2.40. The van der Waals surface area contributed by atoms with Gasteiger partial charge in [-0.15, -0.1) is 0 Å². The second-order valence-electron chi connectivity index (χ2n) is 11.5. The molecule has 0 radical (unpaired) electrons. The van der Waals surface area contributed by atoms with Gasteiger partial charge >= 0.3 is 12.2 Å². The molecule has 1 aromatic carbocycles. The minimum atomic E-state index is -4.63. The fraction of sp³-hybridized carbons (Fsp3) is 0.571. The van der Waals surface area contributed by atoms with Crippen LogP contribution in [0.1, 0.15) is 79.6 Å². The van der Waals surface area contributed by atoms with Gasteiger partial charge in [0, 0.05) is 26.0 Å². The highest BCUT2D eigenvalue weighted by molar-refractivity contribution is 5.93. The van der Waals surface area contributed by atoms with E-state index in [1.807, 2.05) is 5.32 Å². The molecular weight excluding hydrogens is 598 g/mol. The number of benzene rings is 1. The summed E-state index contributed by atoms with van der Waals surface area (Å²) in [5, 5.41) is 8.59. The van der Waals surface area contributed by atoms with Gasteiger partial charge in [-0.05, 0) is 50.3 Å². The number of alkyl halides is 5. The van der Waals surface area contributed by atoms with E-state index in [4.69, 9.17) is 9.15 Å². The third-order valence-electron chi connectivity index (χ3n) is 8.09. The summed E-state index contributed by atoms with van der Waals surface area (Å²) in [5.74, 6) is -5.05. The molecule has 2 aromatic heterocycles. The number of hydrogen-bond acceptors (Lipinski definition) is 6. The van der Waals surface area contributed by atoms with E-state index in [1.165, 1.54) is 23.9 Å². The van der Waals surface area contributed by atoms with Crippen molar-refractivity contribution in [2.24, 2.45) is 5.92 Å². The maximum Gasteiger partial charge on any atom is 0.410 e. The number of urea groups is 1. The van der Waals surface area contributed by atoms with Gasteiger partial charge in [-0.1, -0.05) is 6.07 Å². The zero-order valence-electron chi connectivity index (χ0n) is 24.1. The summed E-state index contributed by atoms with van der Waals surface area (Å²) in [7, 11) is 1.35. The molecule has 16 heteroatoms. The van der Waals surface area contributed by atoms with Crippen LogP contribution in [0.2, 0.25) is 0 Å². The van der Waals surface area contributed by atoms with Crippen molar-refractivity contribution in [3.63, 3.8) is 0 Å². The standard InChI is InChI=1S/C28H32F6N6O4/c1-14(2)40-23(17(29)11-35-40)24(41)38-22(15-6-8-27(30,31)9-7-15)25-36-18-10-16(4-5-20(18)44-25)19(13-43-3)39-12-21(28(32,33)34)37-26(39)42/h4-5,10-11,14-15,19,21-22H,6-9,12-13H2,1-3H3,(H,37,42)(H,38,41). The van der Waals surface area contributed by atoms with Crippen LogP contribution in [0.5, 0.6) is 0 Å². The molecule has 2 aliphatic rings. The number of nitrogens with one attached hydrogen (secondary N) is 2. The third-order valence-corrected chi connectivity index (χ3v) is 8.09. The van der Waals surface area contributed by atoms with Crippen LogP contribution in [-0.2, 0) is 4.74 Å². The lowest BCUT2D eigenvalue weighted by atomic mass is 9.82. The molecule has 240 valence electrons. The molecule has 3 atom stereocenters. The van der Waals surface area contributed by atoms with E-state index in [0.717, 1.165) is 11.1 Å². The fourth-order valence-corrected chi connectivity index (χ4v) is 5.77. The van der Waals surface area contributed by atoms with Crippen LogP contribution in [0.3, 0.4) is 0 Å². The lowest BCUT2D eigenvalue weighted by molar-refractivity contribution is -0.150. The molecule has 1 saturated carbocycles. The first-order chi connectivity index (χ1) is 20.7. The third kappa shape index (κ3) is 6.35. The summed E-state index contributed by atoms with van der Waals surface area (Å²) >= 11 is 0. The van der Waals surface area contributed by atoms with Crippen LogP contribution in [0.15, 0.2) is 28.8 Å². The predicted molar refractivity (Wildman–Crippen MR) is 143 cm³/mol. The van der Waals surface area contributed by atoms with Gasteiger partial charge in [-0.3, -0.25) is 9.48 Å². The number of ether oxygens (including phenoxy) is 1. The molecule has 2 fully saturated rings. The zero-order chi connectivity index (χ0) is 32.0. The Kier molecular flexibility index (Phi) is 8.57. The van der Waals surface area contributed by atoms with E-state index < -0.39 is 73.3 Å². The molecule has 10 nitrogen and oxygen atoms in total. The van der Waals surface area contributed by atoms with Gasteiger partial charge in [0.2, 0.25) is 11.8 Å². The first-order valence-electron chi connectivity index (χ1n) is 14.1. The summed E-state index contributed by atoms with van der Waals surface area (Å²) in [4.78, 5) is 31.4. The van der Waals surface area contributed by atoms with Crippen LogP contribution in [-0.4, -0.2) is 70.0 Å². The Morgan fingerprint density at radius 1 is 1.25 bits per heavy atom. The molecule has 5 rings (SSSR count). The van der Waals surface area contributed by atoms with Crippen molar-refractivity contribution in [1.29, 1.82) is 0 Å². The van der Waals surface area contributed by atoms with E-state index in [9.17, 15) is 35.9 Å². The number of methoxy groups -OCH3 is 1. The normalized spacial score (nSPS) is 20.7. The van der Waals surface area contributed by atoms with Gasteiger partial charge in [0.05, 0.1) is 25.4 Å². The first kappa shape index (κ1) is 31.6. The van der Waals surface area contributed by atoms with Crippen molar-refractivity contribution < 1.29 is 45.1 Å². The Morgan fingerprint density at radius 2 is 1.95 bits per heavy atom. The molecule has 3 amide bonds. The summed E-state index contributed by atoms with van der Waals surface area (Å²) in [6, 6.07) is -0.592. The molecule has 0 spiro atoms. The van der Waals surface area contributed by atoms with Gasteiger partial charge in [0.25, 0.3) is 5.91 Å². The molecule has 3 heterocycles. The van der Waals surface area contributed by atoms with Gasteiger partial charge in [-0.25, -0.2) is 22.9 Å². The molecule has 3 unspecified atom stereocenters. The maximum absolute atomic E-state index is 14.6. The van der Waals surface area contributed by atoms with Crippen molar-refractivity contribution in [3.8, 4) is 0 Å². The van der Waals surface area contributed by atoms with Crippen LogP contribution in [0.25, 0.3) is 11.1 Å². The SMILES string of the molecule is COCC(c1ccc2oc(C(NC(=O)c3c(F)cnn3C(C)C)C3CCC(F)(F)CC3)nc2c1)N1CC(C(F)(F)F)NC1=O. The van der Waals surface area contributed by atoms with E-state index in [2.05, 4.69) is 15.4 Å². The highest BCUT2D eigenvalue weighted by atomic mass is 19.4. The Bertz CT molecular complexity index is 1510. The predicted octanol–water partition coefficient (Wildman–Crippen LogP) is 5.68. The average molecular weight is 631 g/mol. The van der Waals surface area contributed by atoms with E-state index in [-0.39, 0.29) is 48.2 Å². The van der Waals surface area contributed by atoms with Gasteiger partial charge in [0.15, 0.2) is 17.1 Å². The number of fused-ring (bicyclic) bond motifs is 1. The molecule has 1 aliphatic carbocycles. The van der Waals surface area contributed by atoms with Gasteiger partial charge in [0.1, 0.15) is 17.6 Å². The number of carbonyl (C=O) groups is 2. The molecule has 1 saturated heterocycles. The van der Waals surface area contributed by atoms with Gasteiger partial charge in [-0.2, -0.15) is 18.3 Å². The smallest absolute Gasteiger partial charge is 0.410 e. The van der Waals surface area contributed by atoms with Crippen LogP contribution >= 0.6 is 0 Å². The van der Waals surface area contributed by atoms with Crippen LogP contribution in [0, 0.1) is 11.7 Å². The van der Waals surface area contributed by atoms with Crippen molar-refractivity contribution >= 4 is 23.0 Å². The molecule has 1 aliphatic heterocycles. The number of halogens is 6. The van der Waals surface area contributed by atoms with E-state index in [1.54, 1.807) is 19.9 Å². The highest BCUT2D eigenvalue weighted by Crippen LogP contribution is 2.42. The Balaban J connectivity index is 1.47. The van der Waals surface area contributed by atoms with Crippen LogP contribution < -0.4 is 10.6 Å². The fourth-order valence-electron chi connectivity index (χ4n) is 5.77. The van der Waals surface area contributed by atoms with E-state index in [0.29, 0.717) is 5.56 Å². The van der Waals surface area contributed by atoms with Crippen molar-refractivity contribution in [2.45, 2.75) is 75.8 Å². The second kappa shape index (κ2) is 11.9. The minimum absolute atomic E-state index is 0.00363. The number of nitrogens with zero attached hydrogens (tertiary/aromatic N) is 4. The quantitative estimate of drug-likeness (QED) is 0.294. The minimum Gasteiger partial charge on any atom is -0.438 e. The monoisotopic (exact) mass is 630 g/mol. The number of carbonyl (C=O) groups excluding carboxylic acids is 2. The largest absolute Gasteiger partial charge is 0.438 e. The Labute approximate surface area is 248 Å². The topological polar surface area (TPSA) is 115 Å². The second-order valence-corrected chi connectivity index (χ2v) is 11.5. The average Bonchev–Trinajstić information content (AvgIpc) is 3.66. The van der Waals surface area contributed by atoms with Crippen LogP contribution in [0.4, 0.5) is 31.1 Å². The number of hydrogen-bond donors (Lipinski definition) is 2. The van der Waals surface area contributed by atoms with Crippen molar-refractivity contribution in [3.05, 3.63) is 47.4 Å².